The lowest BCUT2D eigenvalue weighted by molar-refractivity contribution is -0.137. The Kier molecular flexibility index (Phi) is 6.35. The van der Waals surface area contributed by atoms with Crippen LogP contribution >= 0.6 is 0 Å². The highest BCUT2D eigenvalue weighted by Gasteiger charge is 2.30. The number of rotatable bonds is 5. The molecule has 1 saturated carbocycles. The summed E-state index contributed by atoms with van der Waals surface area (Å²) in [6.07, 6.45) is 4.84. The van der Waals surface area contributed by atoms with E-state index in [0.717, 1.165) is 42.7 Å². The number of halogens is 3. The number of alkyl halides is 3. The minimum atomic E-state index is -4.38. The second kappa shape index (κ2) is 9.34. The van der Waals surface area contributed by atoms with Crippen molar-refractivity contribution in [1.82, 2.24) is 15.3 Å². The molecule has 1 aromatic carbocycles. The minimum absolute atomic E-state index is 0.0912. The maximum atomic E-state index is 12.7. The van der Waals surface area contributed by atoms with Crippen molar-refractivity contribution in [3.63, 3.8) is 0 Å². The Morgan fingerprint density at radius 2 is 2.00 bits per heavy atom. The number of aromatic nitrogens is 2. The van der Waals surface area contributed by atoms with E-state index in [1.54, 1.807) is 24.5 Å². The van der Waals surface area contributed by atoms with Gasteiger partial charge in [-0.1, -0.05) is 35.9 Å². The highest BCUT2D eigenvalue weighted by molar-refractivity contribution is 5.94. The van der Waals surface area contributed by atoms with E-state index in [1.165, 1.54) is 11.6 Å². The fourth-order valence-electron chi connectivity index (χ4n) is 3.83. The molecule has 1 N–H and O–H groups in total. The van der Waals surface area contributed by atoms with Gasteiger partial charge in [-0.2, -0.15) is 13.2 Å². The number of nitrogens with zero attached hydrogens (tertiary/aromatic N) is 2. The Morgan fingerprint density at radius 1 is 1.12 bits per heavy atom. The molecule has 1 atom stereocenters. The standard InChI is InChI=1S/C25H22F3N3O/c26-25(27,28)21-7-9-22(30-16-21)13-18-4-1-3-17(11-18)12-19-6-8-23(14-19)31-24(32)20-5-2-10-29-15-20/h1-5,7,9-12,15-16,23H,6,8,13-14H2,(H,31,32)/b19-12+. The topological polar surface area (TPSA) is 54.9 Å². The summed E-state index contributed by atoms with van der Waals surface area (Å²) in [5, 5.41) is 3.06. The third-order valence-corrected chi connectivity index (χ3v) is 5.44. The molecule has 4 nitrogen and oxygen atoms in total. The van der Waals surface area contributed by atoms with E-state index in [4.69, 9.17) is 0 Å². The van der Waals surface area contributed by atoms with Crippen molar-refractivity contribution in [1.29, 1.82) is 0 Å². The number of carbonyl (C=O) groups is 1. The zero-order valence-electron chi connectivity index (χ0n) is 17.3. The predicted octanol–water partition coefficient (Wildman–Crippen LogP) is 5.45. The summed E-state index contributed by atoms with van der Waals surface area (Å²) in [5.41, 5.74) is 3.66. The van der Waals surface area contributed by atoms with Crippen LogP contribution in [0.15, 0.2) is 72.7 Å². The number of nitrogens with one attached hydrogen (secondary N) is 1. The number of hydrogen-bond donors (Lipinski definition) is 1. The number of pyridine rings is 2. The number of carbonyl (C=O) groups excluding carboxylic acids is 1. The van der Waals surface area contributed by atoms with Gasteiger partial charge in [0, 0.05) is 36.7 Å². The first-order valence-electron chi connectivity index (χ1n) is 10.4. The molecule has 3 aromatic rings. The lowest BCUT2D eigenvalue weighted by Gasteiger charge is -2.11. The van der Waals surface area contributed by atoms with E-state index in [0.29, 0.717) is 17.7 Å². The summed E-state index contributed by atoms with van der Waals surface area (Å²) in [4.78, 5) is 20.3. The van der Waals surface area contributed by atoms with Gasteiger partial charge in [-0.25, -0.2) is 0 Å². The molecule has 4 rings (SSSR count). The molecule has 0 radical (unpaired) electrons. The van der Waals surface area contributed by atoms with Crippen LogP contribution in [-0.2, 0) is 12.6 Å². The van der Waals surface area contributed by atoms with Crippen molar-refractivity contribution >= 4 is 12.0 Å². The average Bonchev–Trinajstić information content (AvgIpc) is 3.21. The summed E-state index contributed by atoms with van der Waals surface area (Å²) < 4.78 is 38.1. The van der Waals surface area contributed by atoms with E-state index in [9.17, 15) is 18.0 Å². The van der Waals surface area contributed by atoms with Gasteiger partial charge in [-0.15, -0.1) is 0 Å². The molecule has 1 aliphatic rings. The van der Waals surface area contributed by atoms with Crippen LogP contribution in [0.5, 0.6) is 0 Å². The molecule has 1 fully saturated rings. The Hall–Kier alpha value is -3.48. The molecule has 32 heavy (non-hydrogen) atoms. The van der Waals surface area contributed by atoms with E-state index < -0.39 is 11.7 Å². The third kappa shape index (κ3) is 5.60. The molecule has 164 valence electrons. The van der Waals surface area contributed by atoms with Gasteiger partial charge >= 0.3 is 6.18 Å². The van der Waals surface area contributed by atoms with Gasteiger partial charge in [-0.3, -0.25) is 14.8 Å². The molecule has 1 unspecified atom stereocenters. The molecule has 0 bridgehead atoms. The highest BCUT2D eigenvalue weighted by Crippen LogP contribution is 2.29. The SMILES string of the molecule is O=C(NC1CC/C(=C\c2cccc(Cc3ccc(C(F)(F)F)cn3)c2)C1)c1cccnc1. The van der Waals surface area contributed by atoms with Crippen LogP contribution in [0.1, 0.15) is 52.0 Å². The third-order valence-electron chi connectivity index (χ3n) is 5.44. The summed E-state index contributed by atoms with van der Waals surface area (Å²) in [7, 11) is 0. The fraction of sp³-hybridized carbons (Fsp3) is 0.240. The molecular formula is C25H22F3N3O. The number of hydrogen-bond acceptors (Lipinski definition) is 3. The minimum Gasteiger partial charge on any atom is -0.349 e. The molecule has 2 aromatic heterocycles. The molecular weight excluding hydrogens is 415 g/mol. The zero-order chi connectivity index (χ0) is 22.6. The van der Waals surface area contributed by atoms with Crippen molar-refractivity contribution in [2.75, 3.05) is 0 Å². The van der Waals surface area contributed by atoms with Gasteiger partial charge in [0.1, 0.15) is 0 Å². The van der Waals surface area contributed by atoms with Crippen LogP contribution in [-0.4, -0.2) is 21.9 Å². The van der Waals surface area contributed by atoms with E-state index in [-0.39, 0.29) is 11.9 Å². The Morgan fingerprint density at radius 3 is 2.72 bits per heavy atom. The van der Waals surface area contributed by atoms with Crippen molar-refractivity contribution in [3.8, 4) is 0 Å². The van der Waals surface area contributed by atoms with Gasteiger partial charge in [-0.05, 0) is 54.7 Å². The van der Waals surface area contributed by atoms with Gasteiger partial charge in [0.25, 0.3) is 5.91 Å². The van der Waals surface area contributed by atoms with Gasteiger partial charge in [0.15, 0.2) is 0 Å². The smallest absolute Gasteiger partial charge is 0.349 e. The highest BCUT2D eigenvalue weighted by atomic mass is 19.4. The first kappa shape index (κ1) is 21.7. The van der Waals surface area contributed by atoms with Crippen LogP contribution < -0.4 is 5.32 Å². The second-order valence-electron chi connectivity index (χ2n) is 7.92. The maximum Gasteiger partial charge on any atom is 0.417 e. The van der Waals surface area contributed by atoms with E-state index >= 15 is 0 Å². The lowest BCUT2D eigenvalue weighted by atomic mass is 10.0. The second-order valence-corrected chi connectivity index (χ2v) is 7.92. The van der Waals surface area contributed by atoms with Gasteiger partial charge in [0.05, 0.1) is 11.1 Å². The van der Waals surface area contributed by atoms with E-state index in [1.807, 2.05) is 24.3 Å². The van der Waals surface area contributed by atoms with Crippen molar-refractivity contribution < 1.29 is 18.0 Å². The lowest BCUT2D eigenvalue weighted by Crippen LogP contribution is -2.32. The molecule has 1 aliphatic carbocycles. The molecule has 7 heteroatoms. The molecule has 0 aliphatic heterocycles. The molecule has 0 saturated heterocycles. The van der Waals surface area contributed by atoms with Crippen LogP contribution in [0.2, 0.25) is 0 Å². The van der Waals surface area contributed by atoms with Crippen molar-refractivity contribution in [2.45, 2.75) is 37.9 Å². The first-order chi connectivity index (χ1) is 15.4. The number of benzene rings is 1. The Balaban J connectivity index is 1.38. The summed E-state index contributed by atoms with van der Waals surface area (Å²) in [6.45, 7) is 0. The molecule has 2 heterocycles. The summed E-state index contributed by atoms with van der Waals surface area (Å²) >= 11 is 0. The first-order valence-corrected chi connectivity index (χ1v) is 10.4. The van der Waals surface area contributed by atoms with Crippen LogP contribution in [0.25, 0.3) is 6.08 Å². The Labute approximate surface area is 184 Å². The van der Waals surface area contributed by atoms with Crippen LogP contribution in [0.4, 0.5) is 13.2 Å². The normalized spacial score (nSPS) is 17.5. The largest absolute Gasteiger partial charge is 0.417 e. The average molecular weight is 437 g/mol. The molecule has 0 spiro atoms. The monoisotopic (exact) mass is 437 g/mol. The van der Waals surface area contributed by atoms with Crippen LogP contribution in [0, 0.1) is 0 Å². The summed E-state index contributed by atoms with van der Waals surface area (Å²) in [6, 6.07) is 13.9. The molecule has 1 amide bonds. The quantitative estimate of drug-likeness (QED) is 0.577. The van der Waals surface area contributed by atoms with Crippen LogP contribution in [0.3, 0.4) is 0 Å². The number of amides is 1. The zero-order valence-corrected chi connectivity index (χ0v) is 17.3. The van der Waals surface area contributed by atoms with E-state index in [2.05, 4.69) is 21.4 Å². The Bertz CT molecular complexity index is 1110. The predicted molar refractivity (Wildman–Crippen MR) is 116 cm³/mol. The maximum absolute atomic E-state index is 12.7. The van der Waals surface area contributed by atoms with Gasteiger partial charge < -0.3 is 5.32 Å². The van der Waals surface area contributed by atoms with Gasteiger partial charge in [0.2, 0.25) is 0 Å². The fourth-order valence-corrected chi connectivity index (χ4v) is 3.83. The van der Waals surface area contributed by atoms with Crippen molar-refractivity contribution in [2.24, 2.45) is 0 Å². The van der Waals surface area contributed by atoms with Crippen molar-refractivity contribution in [3.05, 3.63) is 101 Å². The summed E-state index contributed by atoms with van der Waals surface area (Å²) in [5.74, 6) is -0.115.